The van der Waals surface area contributed by atoms with E-state index in [0.717, 1.165) is 35.0 Å². The van der Waals surface area contributed by atoms with Crippen LogP contribution in [0.5, 0.6) is 0 Å². The first-order chi connectivity index (χ1) is 6.93. The van der Waals surface area contributed by atoms with Crippen LogP contribution in [0.25, 0.3) is 0 Å². The summed E-state index contributed by atoms with van der Waals surface area (Å²) in [6.07, 6.45) is 4.63. The summed E-state index contributed by atoms with van der Waals surface area (Å²) in [7, 11) is 0. The highest BCUT2D eigenvalue weighted by Gasteiger charge is 2.76. The highest BCUT2D eigenvalue weighted by Crippen LogP contribution is 2.82. The second-order valence-corrected chi connectivity index (χ2v) is 7.46. The number of hydrogen-bond acceptors (Lipinski definition) is 0. The van der Waals surface area contributed by atoms with Crippen LogP contribution in [0.2, 0.25) is 0 Å². The van der Waals surface area contributed by atoms with E-state index in [9.17, 15) is 0 Å². The van der Waals surface area contributed by atoms with E-state index in [1.807, 2.05) is 0 Å². The number of hydrogen-bond donors (Lipinski definition) is 0. The van der Waals surface area contributed by atoms with Crippen LogP contribution in [0.4, 0.5) is 0 Å². The fourth-order valence-corrected chi connectivity index (χ4v) is 5.53. The molecule has 0 aromatic heterocycles. The zero-order valence-electron chi connectivity index (χ0n) is 11.0. The molecule has 0 aromatic carbocycles. The van der Waals surface area contributed by atoms with Crippen molar-refractivity contribution in [1.82, 2.24) is 0 Å². The first-order valence-electron chi connectivity index (χ1n) is 6.93. The molecule has 0 amide bonds. The van der Waals surface area contributed by atoms with Gasteiger partial charge in [-0.3, -0.25) is 0 Å². The minimum Gasteiger partial charge on any atom is -0.0622 e. The summed E-state index contributed by atoms with van der Waals surface area (Å²) in [6.45, 7) is 12.5. The predicted octanol–water partition coefficient (Wildman–Crippen LogP) is 4.35. The van der Waals surface area contributed by atoms with Crippen molar-refractivity contribution in [2.45, 2.75) is 53.9 Å². The Bertz CT molecular complexity index is 288. The fraction of sp³-hybridized carbons (Fsp3) is 1.00. The zero-order chi connectivity index (χ0) is 11.0. The van der Waals surface area contributed by atoms with E-state index in [-0.39, 0.29) is 0 Å². The Kier molecular flexibility index (Phi) is 1.78. The Morgan fingerprint density at radius 1 is 1.27 bits per heavy atom. The molecule has 0 bridgehead atoms. The Morgan fingerprint density at radius 2 is 1.93 bits per heavy atom. The minimum absolute atomic E-state index is 0.575. The van der Waals surface area contributed by atoms with E-state index < -0.39 is 0 Å². The van der Waals surface area contributed by atoms with Gasteiger partial charge in [0.25, 0.3) is 0 Å². The van der Waals surface area contributed by atoms with E-state index in [2.05, 4.69) is 34.6 Å². The monoisotopic (exact) mass is 206 g/mol. The van der Waals surface area contributed by atoms with Gasteiger partial charge in [-0.05, 0) is 59.7 Å². The van der Waals surface area contributed by atoms with E-state index in [4.69, 9.17) is 0 Å². The van der Waals surface area contributed by atoms with Crippen LogP contribution < -0.4 is 0 Å². The van der Waals surface area contributed by atoms with Crippen molar-refractivity contribution in [2.24, 2.45) is 40.4 Å². The van der Waals surface area contributed by atoms with Crippen molar-refractivity contribution >= 4 is 0 Å². The lowest BCUT2D eigenvalue weighted by Gasteiger charge is -2.81. The lowest BCUT2D eigenvalue weighted by atomic mass is 9.23. The van der Waals surface area contributed by atoms with Gasteiger partial charge in [0, 0.05) is 0 Å². The van der Waals surface area contributed by atoms with Crippen LogP contribution in [0.1, 0.15) is 53.9 Å². The molecule has 5 unspecified atom stereocenters. The molecule has 15 heavy (non-hydrogen) atoms. The van der Waals surface area contributed by atoms with Gasteiger partial charge in [-0.25, -0.2) is 0 Å². The summed E-state index contributed by atoms with van der Waals surface area (Å²) in [5, 5.41) is 0. The van der Waals surface area contributed by atoms with E-state index in [1.54, 1.807) is 12.8 Å². The molecule has 0 N–H and O–H groups in total. The summed E-state index contributed by atoms with van der Waals surface area (Å²) in [4.78, 5) is 0. The Morgan fingerprint density at radius 3 is 2.33 bits per heavy atom. The van der Waals surface area contributed by atoms with Crippen LogP contribution >= 0.6 is 0 Å². The topological polar surface area (TPSA) is 0 Å². The molecule has 0 heteroatoms. The number of fused-ring (bicyclic) bond motifs is 4. The molecule has 86 valence electrons. The van der Waals surface area contributed by atoms with E-state index in [0.29, 0.717) is 5.41 Å². The molecule has 5 atom stereocenters. The average molecular weight is 206 g/mol. The predicted molar refractivity (Wildman–Crippen MR) is 64.5 cm³/mol. The Hall–Kier alpha value is 0. The van der Waals surface area contributed by atoms with Gasteiger partial charge in [0.05, 0.1) is 0 Å². The average Bonchev–Trinajstić information content (AvgIpc) is 2.10. The van der Waals surface area contributed by atoms with Gasteiger partial charge in [0.2, 0.25) is 0 Å². The summed E-state index contributed by atoms with van der Waals surface area (Å²) in [5.41, 5.74) is 1.34. The van der Waals surface area contributed by atoms with Crippen LogP contribution in [-0.2, 0) is 0 Å². The smallest absolute Gasteiger partial charge is 0.0179 e. The fourth-order valence-electron chi connectivity index (χ4n) is 5.53. The summed E-state index contributed by atoms with van der Waals surface area (Å²) in [5.74, 6) is 5.25. The largest absolute Gasteiger partial charge is 0.0622 e. The van der Waals surface area contributed by atoms with Crippen molar-refractivity contribution in [3.63, 3.8) is 0 Å². The third-order valence-electron chi connectivity index (χ3n) is 7.00. The van der Waals surface area contributed by atoms with Crippen LogP contribution in [0, 0.1) is 40.4 Å². The van der Waals surface area contributed by atoms with Gasteiger partial charge < -0.3 is 0 Å². The van der Waals surface area contributed by atoms with Gasteiger partial charge in [0.1, 0.15) is 0 Å². The molecule has 0 aromatic rings. The van der Waals surface area contributed by atoms with Gasteiger partial charge in [-0.15, -0.1) is 0 Å². The lowest BCUT2D eigenvalue weighted by Crippen LogP contribution is -2.75. The molecule has 3 fully saturated rings. The summed E-state index contributed by atoms with van der Waals surface area (Å²) < 4.78 is 0. The van der Waals surface area contributed by atoms with Crippen molar-refractivity contribution in [1.29, 1.82) is 0 Å². The van der Waals surface area contributed by atoms with Crippen molar-refractivity contribution in [3.05, 3.63) is 0 Å². The molecule has 0 saturated heterocycles. The van der Waals surface area contributed by atoms with Crippen molar-refractivity contribution in [2.75, 3.05) is 0 Å². The van der Waals surface area contributed by atoms with Gasteiger partial charge in [-0.2, -0.15) is 0 Å². The first kappa shape index (κ1) is 10.2. The molecule has 3 aliphatic carbocycles. The van der Waals surface area contributed by atoms with E-state index in [1.165, 1.54) is 6.42 Å². The SMILES string of the molecule is CC1CC2C3CCC3(C(C)(C)C(C)C)C12. The third-order valence-corrected chi connectivity index (χ3v) is 7.00. The molecule has 0 nitrogen and oxygen atoms in total. The standard InChI is InChI=1S/C15H26/c1-9(2)14(4,5)15-7-6-12(15)11-8-10(3)13(11)15/h9-13H,6-8H2,1-5H3. The molecule has 0 heterocycles. The molecular weight excluding hydrogens is 180 g/mol. The van der Waals surface area contributed by atoms with Gasteiger partial charge in [0.15, 0.2) is 0 Å². The van der Waals surface area contributed by atoms with Crippen LogP contribution in [0.15, 0.2) is 0 Å². The van der Waals surface area contributed by atoms with Crippen LogP contribution in [0.3, 0.4) is 0 Å². The third kappa shape index (κ3) is 0.840. The van der Waals surface area contributed by atoms with Gasteiger partial charge in [-0.1, -0.05) is 34.6 Å². The summed E-state index contributed by atoms with van der Waals surface area (Å²) >= 11 is 0. The zero-order valence-corrected chi connectivity index (χ0v) is 11.0. The van der Waals surface area contributed by atoms with Crippen LogP contribution in [-0.4, -0.2) is 0 Å². The van der Waals surface area contributed by atoms with Crippen molar-refractivity contribution in [3.8, 4) is 0 Å². The maximum Gasteiger partial charge on any atom is -0.0179 e. The first-order valence-corrected chi connectivity index (χ1v) is 6.93. The lowest BCUT2D eigenvalue weighted by molar-refractivity contribution is -0.333. The second kappa shape index (κ2) is 2.63. The Balaban J connectivity index is 1.91. The maximum atomic E-state index is 2.55. The highest BCUT2D eigenvalue weighted by atomic mass is 14.8. The number of rotatable bonds is 2. The molecule has 0 spiro atoms. The molecule has 3 aliphatic rings. The Labute approximate surface area is 94.8 Å². The van der Waals surface area contributed by atoms with Gasteiger partial charge >= 0.3 is 0 Å². The molecular formula is C15H26. The second-order valence-electron chi connectivity index (χ2n) is 7.46. The molecule has 0 aliphatic heterocycles. The molecule has 3 saturated carbocycles. The van der Waals surface area contributed by atoms with E-state index >= 15 is 0 Å². The van der Waals surface area contributed by atoms with Crippen molar-refractivity contribution < 1.29 is 0 Å². The maximum absolute atomic E-state index is 2.55. The normalized spacial score (nSPS) is 52.4. The minimum atomic E-state index is 0.575. The molecule has 0 radical (unpaired) electrons. The summed E-state index contributed by atoms with van der Waals surface area (Å²) in [6, 6.07) is 0. The quantitative estimate of drug-likeness (QED) is 0.630. The highest BCUT2D eigenvalue weighted by molar-refractivity contribution is 5.24. The molecule has 3 rings (SSSR count).